The lowest BCUT2D eigenvalue weighted by Crippen LogP contribution is -2.14. The van der Waals surface area contributed by atoms with E-state index in [2.05, 4.69) is 21.8 Å². The SMILES string of the molecule is Cc1ccc(C(N)=O)cc1C#Cc1nn(C2CCCCC2)c2ncnc(N)c12.FC(F)(F)c1ccccc1. The number of nitrogen functional groups attached to an aromatic ring is 1. The first-order valence-corrected chi connectivity index (χ1v) is 12.2. The maximum atomic E-state index is 11.8. The number of rotatable bonds is 2. The third kappa shape index (κ3) is 6.11. The molecule has 4 N–H and O–H groups in total. The van der Waals surface area contributed by atoms with Gasteiger partial charge in [-0.3, -0.25) is 4.79 Å². The fourth-order valence-corrected chi connectivity index (χ4v) is 4.33. The molecule has 1 aliphatic carbocycles. The molecule has 10 heteroatoms. The first kappa shape index (κ1) is 26.7. The van der Waals surface area contributed by atoms with Gasteiger partial charge in [0.15, 0.2) is 5.65 Å². The number of carbonyl (C=O) groups excluding carboxylic acids is 1. The molecule has 7 nitrogen and oxygen atoms in total. The molecule has 0 bridgehead atoms. The van der Waals surface area contributed by atoms with Gasteiger partial charge in [0.2, 0.25) is 5.91 Å². The van der Waals surface area contributed by atoms with Crippen molar-refractivity contribution in [3.8, 4) is 11.8 Å². The number of fused-ring (bicyclic) bond motifs is 1. The summed E-state index contributed by atoms with van der Waals surface area (Å²) < 4.78 is 37.3. The van der Waals surface area contributed by atoms with Crippen LogP contribution in [0.3, 0.4) is 0 Å². The van der Waals surface area contributed by atoms with E-state index in [1.807, 2.05) is 17.7 Å². The zero-order valence-corrected chi connectivity index (χ0v) is 20.8. The normalized spacial score (nSPS) is 13.8. The van der Waals surface area contributed by atoms with Gasteiger partial charge in [0, 0.05) is 11.1 Å². The number of hydrogen-bond donors (Lipinski definition) is 2. The van der Waals surface area contributed by atoms with Crippen LogP contribution in [0.1, 0.15) is 70.9 Å². The summed E-state index contributed by atoms with van der Waals surface area (Å²) in [5, 5.41) is 5.43. The van der Waals surface area contributed by atoms with Gasteiger partial charge >= 0.3 is 6.18 Å². The number of anilines is 1. The molecule has 1 aliphatic rings. The van der Waals surface area contributed by atoms with Gasteiger partial charge in [-0.1, -0.05) is 61.6 Å². The van der Waals surface area contributed by atoms with Crippen LogP contribution in [-0.4, -0.2) is 25.7 Å². The minimum Gasteiger partial charge on any atom is -0.383 e. The molecule has 1 amide bonds. The van der Waals surface area contributed by atoms with E-state index in [1.54, 1.807) is 18.2 Å². The molecule has 4 aromatic rings. The number of nitrogens with two attached hydrogens (primary N) is 2. The summed E-state index contributed by atoms with van der Waals surface area (Å²) in [5.41, 5.74) is 14.3. The lowest BCUT2D eigenvalue weighted by molar-refractivity contribution is -0.137. The third-order valence-corrected chi connectivity index (χ3v) is 6.38. The Morgan fingerprint density at radius 3 is 2.37 bits per heavy atom. The van der Waals surface area contributed by atoms with Crippen LogP contribution in [-0.2, 0) is 6.18 Å². The maximum absolute atomic E-state index is 11.8. The number of carbonyl (C=O) groups is 1. The molecule has 38 heavy (non-hydrogen) atoms. The second-order valence-electron chi connectivity index (χ2n) is 9.05. The minimum atomic E-state index is -4.21. The predicted molar refractivity (Wildman–Crippen MR) is 139 cm³/mol. The van der Waals surface area contributed by atoms with Crippen molar-refractivity contribution in [3.05, 3.63) is 82.8 Å². The maximum Gasteiger partial charge on any atom is 0.416 e. The highest BCUT2D eigenvalue weighted by Crippen LogP contribution is 2.32. The zero-order valence-electron chi connectivity index (χ0n) is 20.8. The quantitative estimate of drug-likeness (QED) is 0.343. The van der Waals surface area contributed by atoms with Gasteiger partial charge in [0.05, 0.1) is 17.0 Å². The highest BCUT2D eigenvalue weighted by molar-refractivity contribution is 5.93. The van der Waals surface area contributed by atoms with E-state index in [-0.39, 0.29) is 0 Å². The number of alkyl halides is 3. The predicted octanol–water partition coefficient (Wildman–Crippen LogP) is 5.43. The molecular weight excluding hydrogens is 493 g/mol. The van der Waals surface area contributed by atoms with Crippen LogP contribution in [0.2, 0.25) is 0 Å². The fraction of sp³-hybridized carbons (Fsp3) is 0.286. The van der Waals surface area contributed by atoms with Gasteiger partial charge < -0.3 is 11.5 Å². The van der Waals surface area contributed by atoms with Crippen molar-refractivity contribution >= 4 is 22.8 Å². The van der Waals surface area contributed by atoms with Gasteiger partial charge in [0.1, 0.15) is 17.8 Å². The summed E-state index contributed by atoms with van der Waals surface area (Å²) in [6.07, 6.45) is 3.05. The van der Waals surface area contributed by atoms with E-state index in [0.29, 0.717) is 28.5 Å². The largest absolute Gasteiger partial charge is 0.416 e. The van der Waals surface area contributed by atoms with Crippen LogP contribution in [0.4, 0.5) is 19.0 Å². The molecule has 0 aliphatic heterocycles. The van der Waals surface area contributed by atoms with Crippen molar-refractivity contribution in [3.63, 3.8) is 0 Å². The second kappa shape index (κ2) is 11.3. The first-order valence-electron chi connectivity index (χ1n) is 12.2. The standard InChI is InChI=1S/C21H22N6O.C7H5F3/c1-13-7-8-15(20(23)28)11-14(13)9-10-17-18-19(22)24-12-25-21(18)27(26-17)16-5-3-2-4-6-16;8-7(9,10)6-4-2-1-3-5-6/h7-8,11-12,16H,2-6H2,1H3,(H2,23,28)(H2,22,24,25);1-5H. The molecule has 0 atom stereocenters. The monoisotopic (exact) mass is 520 g/mol. The third-order valence-electron chi connectivity index (χ3n) is 6.38. The number of nitrogens with zero attached hydrogens (tertiary/aromatic N) is 4. The number of amides is 1. The Balaban J connectivity index is 0.000000283. The van der Waals surface area contributed by atoms with Gasteiger partial charge in [0.25, 0.3) is 0 Å². The van der Waals surface area contributed by atoms with Crippen molar-refractivity contribution in [2.75, 3.05) is 5.73 Å². The van der Waals surface area contributed by atoms with Crippen LogP contribution in [0, 0.1) is 18.8 Å². The molecule has 1 fully saturated rings. The van der Waals surface area contributed by atoms with Crippen molar-refractivity contribution in [2.45, 2.75) is 51.2 Å². The molecule has 0 unspecified atom stereocenters. The Morgan fingerprint density at radius 1 is 1.03 bits per heavy atom. The number of aryl methyl sites for hydroxylation is 1. The van der Waals surface area contributed by atoms with Gasteiger partial charge in [-0.15, -0.1) is 0 Å². The first-order chi connectivity index (χ1) is 18.1. The number of aromatic nitrogens is 4. The average molecular weight is 521 g/mol. The molecule has 2 heterocycles. The van der Waals surface area contributed by atoms with Gasteiger partial charge in [-0.2, -0.15) is 18.3 Å². The molecule has 1 saturated carbocycles. The van der Waals surface area contributed by atoms with Crippen molar-refractivity contribution in [2.24, 2.45) is 5.73 Å². The lowest BCUT2D eigenvalue weighted by Gasteiger charge is -2.22. The molecule has 196 valence electrons. The fourth-order valence-electron chi connectivity index (χ4n) is 4.33. The second-order valence-corrected chi connectivity index (χ2v) is 9.05. The topological polar surface area (TPSA) is 113 Å². The highest BCUT2D eigenvalue weighted by Gasteiger charge is 2.29. The Morgan fingerprint density at radius 2 is 1.74 bits per heavy atom. The van der Waals surface area contributed by atoms with Crippen LogP contribution in [0.15, 0.2) is 54.9 Å². The summed E-state index contributed by atoms with van der Waals surface area (Å²) in [6.45, 7) is 1.94. The highest BCUT2D eigenvalue weighted by atomic mass is 19.4. The number of primary amides is 1. The summed E-state index contributed by atoms with van der Waals surface area (Å²) in [7, 11) is 0. The van der Waals surface area contributed by atoms with Gasteiger partial charge in [-0.05, 0) is 43.4 Å². The van der Waals surface area contributed by atoms with E-state index < -0.39 is 17.6 Å². The van der Waals surface area contributed by atoms with E-state index in [1.165, 1.54) is 37.7 Å². The number of benzene rings is 2. The van der Waals surface area contributed by atoms with Crippen LogP contribution in [0.25, 0.3) is 11.0 Å². The molecule has 2 aromatic heterocycles. The summed E-state index contributed by atoms with van der Waals surface area (Å²) >= 11 is 0. The number of hydrogen-bond acceptors (Lipinski definition) is 5. The van der Waals surface area contributed by atoms with Crippen LogP contribution in [0.5, 0.6) is 0 Å². The average Bonchev–Trinajstić information content (AvgIpc) is 3.29. The van der Waals surface area contributed by atoms with Gasteiger partial charge in [-0.25, -0.2) is 14.6 Å². The smallest absolute Gasteiger partial charge is 0.383 e. The molecule has 0 saturated heterocycles. The zero-order chi connectivity index (χ0) is 27.3. The van der Waals surface area contributed by atoms with Crippen LogP contribution < -0.4 is 11.5 Å². The Kier molecular flexibility index (Phi) is 7.96. The lowest BCUT2D eigenvalue weighted by atomic mass is 9.96. The van der Waals surface area contributed by atoms with Crippen LogP contribution >= 0.6 is 0 Å². The molecule has 5 rings (SSSR count). The number of halogens is 3. The molecule has 0 spiro atoms. The van der Waals surface area contributed by atoms with E-state index in [4.69, 9.17) is 16.6 Å². The summed E-state index contributed by atoms with van der Waals surface area (Å²) in [5.74, 6) is 6.13. The molecular formula is C28H27F3N6O. The van der Waals surface area contributed by atoms with E-state index >= 15 is 0 Å². The Labute approximate surface area is 218 Å². The molecule has 2 aromatic carbocycles. The van der Waals surface area contributed by atoms with E-state index in [9.17, 15) is 18.0 Å². The molecule has 0 radical (unpaired) electrons. The Bertz CT molecular complexity index is 1500. The van der Waals surface area contributed by atoms with Crippen molar-refractivity contribution in [1.82, 2.24) is 19.7 Å². The van der Waals surface area contributed by atoms with Crippen molar-refractivity contribution < 1.29 is 18.0 Å². The summed E-state index contributed by atoms with van der Waals surface area (Å²) in [6, 6.07) is 11.9. The summed E-state index contributed by atoms with van der Waals surface area (Å²) in [4.78, 5) is 20.0. The van der Waals surface area contributed by atoms with E-state index in [0.717, 1.165) is 41.7 Å². The van der Waals surface area contributed by atoms with Crippen molar-refractivity contribution in [1.29, 1.82) is 0 Å². The minimum absolute atomic E-state index is 0.307. The Hall–Kier alpha value is -4.39.